The topological polar surface area (TPSA) is 37.2 Å². The van der Waals surface area contributed by atoms with Crippen molar-refractivity contribution in [2.75, 3.05) is 33.2 Å². The highest BCUT2D eigenvalue weighted by Gasteiger charge is 2.28. The van der Waals surface area contributed by atoms with E-state index in [9.17, 15) is 0 Å². The van der Waals surface area contributed by atoms with Gasteiger partial charge in [0.05, 0.1) is 11.7 Å². The SMILES string of the molecule is CCCCc1cn(C2CCN(C3CCN(C)CC3)CC2)nn1. The summed E-state index contributed by atoms with van der Waals surface area (Å²) in [5, 5.41) is 8.72. The van der Waals surface area contributed by atoms with E-state index in [0.29, 0.717) is 6.04 Å². The van der Waals surface area contributed by atoms with Gasteiger partial charge in [0.2, 0.25) is 0 Å². The Hall–Kier alpha value is -0.940. The van der Waals surface area contributed by atoms with Crippen LogP contribution in [-0.2, 0) is 6.42 Å². The molecule has 0 radical (unpaired) electrons. The van der Waals surface area contributed by atoms with Crippen molar-refractivity contribution in [3.63, 3.8) is 0 Å². The first-order chi connectivity index (χ1) is 10.8. The molecule has 0 N–H and O–H groups in total. The second kappa shape index (κ2) is 7.55. The molecule has 1 aromatic heterocycles. The Labute approximate surface area is 134 Å². The quantitative estimate of drug-likeness (QED) is 0.837. The van der Waals surface area contributed by atoms with Crippen molar-refractivity contribution in [2.24, 2.45) is 0 Å². The van der Waals surface area contributed by atoms with Gasteiger partial charge in [0.25, 0.3) is 0 Å². The number of rotatable bonds is 5. The fraction of sp³-hybridized carbons (Fsp3) is 0.882. The van der Waals surface area contributed by atoms with Crippen molar-refractivity contribution in [1.82, 2.24) is 24.8 Å². The number of aryl methyl sites for hydroxylation is 1. The third-order valence-corrected chi connectivity index (χ3v) is 5.42. The van der Waals surface area contributed by atoms with Gasteiger partial charge in [0.15, 0.2) is 0 Å². The molecule has 0 atom stereocenters. The highest BCUT2D eigenvalue weighted by molar-refractivity contribution is 4.94. The Morgan fingerprint density at radius 3 is 2.41 bits per heavy atom. The molecule has 5 nitrogen and oxygen atoms in total. The van der Waals surface area contributed by atoms with Gasteiger partial charge in [0, 0.05) is 25.3 Å². The van der Waals surface area contributed by atoms with Crippen LogP contribution in [0.3, 0.4) is 0 Å². The van der Waals surface area contributed by atoms with E-state index in [4.69, 9.17) is 0 Å². The first-order valence-corrected chi connectivity index (χ1v) is 9.09. The molecular weight excluding hydrogens is 274 g/mol. The van der Waals surface area contributed by atoms with Crippen molar-refractivity contribution in [2.45, 2.75) is 64.0 Å². The van der Waals surface area contributed by atoms with E-state index in [1.807, 2.05) is 0 Å². The minimum Gasteiger partial charge on any atom is -0.306 e. The minimum atomic E-state index is 0.561. The number of hydrogen-bond donors (Lipinski definition) is 0. The summed E-state index contributed by atoms with van der Waals surface area (Å²) in [6, 6.07) is 1.37. The summed E-state index contributed by atoms with van der Waals surface area (Å²) in [5.74, 6) is 0. The van der Waals surface area contributed by atoms with Crippen LogP contribution in [0.4, 0.5) is 0 Å². The number of hydrogen-bond acceptors (Lipinski definition) is 4. The fourth-order valence-electron chi connectivity index (χ4n) is 3.84. The number of unbranched alkanes of at least 4 members (excludes halogenated alkanes) is 1. The third-order valence-electron chi connectivity index (χ3n) is 5.42. The van der Waals surface area contributed by atoms with E-state index < -0.39 is 0 Å². The Balaban J connectivity index is 1.48. The van der Waals surface area contributed by atoms with E-state index in [-0.39, 0.29) is 0 Å². The molecule has 2 aliphatic heterocycles. The molecular formula is C17H31N5. The zero-order chi connectivity index (χ0) is 15.4. The maximum atomic E-state index is 4.38. The molecule has 0 spiro atoms. The van der Waals surface area contributed by atoms with Crippen LogP contribution < -0.4 is 0 Å². The average Bonchev–Trinajstić information content (AvgIpc) is 3.03. The average molecular weight is 305 g/mol. The molecule has 124 valence electrons. The maximum Gasteiger partial charge on any atom is 0.0827 e. The Morgan fingerprint density at radius 1 is 1.05 bits per heavy atom. The molecule has 22 heavy (non-hydrogen) atoms. The Morgan fingerprint density at radius 2 is 1.73 bits per heavy atom. The standard InChI is InChI=1S/C17H31N5/c1-3-4-5-15-14-22(19-18-15)17-8-12-21(13-9-17)16-6-10-20(2)11-7-16/h14,16-17H,3-13H2,1-2H3. The normalized spacial score (nSPS) is 23.2. The van der Waals surface area contributed by atoms with Gasteiger partial charge in [-0.15, -0.1) is 5.10 Å². The van der Waals surface area contributed by atoms with Gasteiger partial charge in [-0.2, -0.15) is 0 Å². The molecule has 1 aromatic rings. The van der Waals surface area contributed by atoms with E-state index in [0.717, 1.165) is 12.5 Å². The Bertz CT molecular complexity index is 442. The lowest BCUT2D eigenvalue weighted by molar-refractivity contribution is 0.0848. The zero-order valence-corrected chi connectivity index (χ0v) is 14.2. The van der Waals surface area contributed by atoms with Crippen molar-refractivity contribution in [3.8, 4) is 0 Å². The molecule has 0 aliphatic carbocycles. The van der Waals surface area contributed by atoms with Gasteiger partial charge in [-0.25, -0.2) is 4.68 Å². The lowest BCUT2D eigenvalue weighted by Crippen LogP contribution is -2.47. The number of piperidine rings is 2. The summed E-state index contributed by atoms with van der Waals surface area (Å²) in [4.78, 5) is 5.18. The van der Waals surface area contributed by atoms with E-state index in [2.05, 4.69) is 45.0 Å². The summed E-state index contributed by atoms with van der Waals surface area (Å²) >= 11 is 0. The van der Waals surface area contributed by atoms with Crippen molar-refractivity contribution in [1.29, 1.82) is 0 Å². The summed E-state index contributed by atoms with van der Waals surface area (Å²) in [5.41, 5.74) is 1.17. The first kappa shape index (κ1) is 15.9. The second-order valence-corrected chi connectivity index (χ2v) is 7.10. The van der Waals surface area contributed by atoms with Crippen LogP contribution in [0.1, 0.15) is 57.2 Å². The van der Waals surface area contributed by atoms with Crippen molar-refractivity contribution >= 4 is 0 Å². The summed E-state index contributed by atoms with van der Waals surface area (Å²) in [7, 11) is 2.24. The monoisotopic (exact) mass is 305 g/mol. The van der Waals surface area contributed by atoms with Gasteiger partial charge < -0.3 is 9.80 Å². The molecule has 2 aliphatic rings. The molecule has 0 amide bonds. The molecule has 5 heteroatoms. The minimum absolute atomic E-state index is 0.561. The molecule has 2 saturated heterocycles. The number of likely N-dealkylation sites (tertiary alicyclic amines) is 2. The van der Waals surface area contributed by atoms with E-state index in [1.165, 1.54) is 70.4 Å². The van der Waals surface area contributed by atoms with Crippen LogP contribution in [-0.4, -0.2) is 64.1 Å². The molecule has 2 fully saturated rings. The number of aromatic nitrogens is 3. The highest BCUT2D eigenvalue weighted by atomic mass is 15.4. The van der Waals surface area contributed by atoms with Crippen LogP contribution in [0.2, 0.25) is 0 Å². The fourth-order valence-corrected chi connectivity index (χ4v) is 3.84. The van der Waals surface area contributed by atoms with Gasteiger partial charge in [0.1, 0.15) is 0 Å². The van der Waals surface area contributed by atoms with Crippen LogP contribution >= 0.6 is 0 Å². The van der Waals surface area contributed by atoms with Gasteiger partial charge >= 0.3 is 0 Å². The largest absolute Gasteiger partial charge is 0.306 e. The van der Waals surface area contributed by atoms with Crippen molar-refractivity contribution in [3.05, 3.63) is 11.9 Å². The molecule has 0 unspecified atom stereocenters. The predicted octanol–water partition coefficient (Wildman–Crippen LogP) is 2.35. The second-order valence-electron chi connectivity index (χ2n) is 7.10. The Kier molecular flexibility index (Phi) is 5.47. The van der Waals surface area contributed by atoms with Gasteiger partial charge in [-0.1, -0.05) is 18.6 Å². The van der Waals surface area contributed by atoms with Crippen molar-refractivity contribution < 1.29 is 0 Å². The number of nitrogens with zero attached hydrogens (tertiary/aromatic N) is 5. The predicted molar refractivity (Wildman–Crippen MR) is 89.0 cm³/mol. The summed E-state index contributed by atoms with van der Waals surface area (Å²) in [6.07, 6.45) is 10.8. The first-order valence-electron chi connectivity index (χ1n) is 9.09. The van der Waals surface area contributed by atoms with E-state index >= 15 is 0 Å². The molecule has 0 bridgehead atoms. The third kappa shape index (κ3) is 3.87. The smallest absolute Gasteiger partial charge is 0.0827 e. The van der Waals surface area contributed by atoms with Gasteiger partial charge in [-0.3, -0.25) is 0 Å². The zero-order valence-electron chi connectivity index (χ0n) is 14.2. The van der Waals surface area contributed by atoms with Crippen LogP contribution in [0.15, 0.2) is 6.20 Å². The lowest BCUT2D eigenvalue weighted by atomic mass is 9.98. The summed E-state index contributed by atoms with van der Waals surface area (Å²) in [6.45, 7) is 7.19. The van der Waals surface area contributed by atoms with Crippen LogP contribution in [0.5, 0.6) is 0 Å². The van der Waals surface area contributed by atoms with Gasteiger partial charge in [-0.05, 0) is 58.7 Å². The van der Waals surface area contributed by atoms with Crippen LogP contribution in [0, 0.1) is 0 Å². The molecule has 3 heterocycles. The highest BCUT2D eigenvalue weighted by Crippen LogP contribution is 2.26. The molecule has 3 rings (SSSR count). The molecule has 0 saturated carbocycles. The molecule has 0 aromatic carbocycles. The van der Waals surface area contributed by atoms with E-state index in [1.54, 1.807) is 0 Å². The maximum absolute atomic E-state index is 4.38. The summed E-state index contributed by atoms with van der Waals surface area (Å²) < 4.78 is 2.14. The van der Waals surface area contributed by atoms with Crippen LogP contribution in [0.25, 0.3) is 0 Å². The lowest BCUT2D eigenvalue weighted by Gasteiger charge is -2.41.